The first kappa shape index (κ1) is 18.8. The van der Waals surface area contributed by atoms with Crippen LogP contribution in [0.3, 0.4) is 0 Å². The van der Waals surface area contributed by atoms with Crippen LogP contribution >= 0.6 is 0 Å². The van der Waals surface area contributed by atoms with Gasteiger partial charge in [0.25, 0.3) is 17.5 Å². The summed E-state index contributed by atoms with van der Waals surface area (Å²) in [6, 6.07) is 10.4. The number of amides is 2. The first-order valence-corrected chi connectivity index (χ1v) is 9.66. The molecule has 1 aliphatic rings. The Hall–Kier alpha value is -4.20. The zero-order valence-electron chi connectivity index (χ0n) is 17.1. The minimum atomic E-state index is -0.477. The second-order valence-electron chi connectivity index (χ2n) is 7.82. The highest BCUT2D eigenvalue weighted by atomic mass is 16.6. The highest BCUT2D eigenvalue weighted by molar-refractivity contribution is 6.50. The van der Waals surface area contributed by atoms with Crippen LogP contribution in [0.4, 0.5) is 5.69 Å². The van der Waals surface area contributed by atoms with Crippen LogP contribution in [0.5, 0.6) is 0 Å². The van der Waals surface area contributed by atoms with Crippen LogP contribution in [0.1, 0.15) is 16.7 Å². The van der Waals surface area contributed by atoms with E-state index < -0.39 is 16.7 Å². The number of nitrogens with one attached hydrogen (secondary N) is 1. The van der Waals surface area contributed by atoms with Crippen molar-refractivity contribution in [1.82, 2.24) is 14.5 Å². The molecule has 0 fully saturated rings. The van der Waals surface area contributed by atoms with Gasteiger partial charge in [0.15, 0.2) is 0 Å². The van der Waals surface area contributed by atoms with Gasteiger partial charge < -0.3 is 9.13 Å². The number of benzene rings is 2. The molecule has 4 aromatic rings. The molecule has 1 N–H and O–H groups in total. The average molecular weight is 414 g/mol. The van der Waals surface area contributed by atoms with Crippen molar-refractivity contribution in [1.29, 1.82) is 0 Å². The van der Waals surface area contributed by atoms with Gasteiger partial charge in [-0.3, -0.25) is 25.0 Å². The van der Waals surface area contributed by atoms with Crippen molar-refractivity contribution >= 4 is 50.5 Å². The van der Waals surface area contributed by atoms with Crippen molar-refractivity contribution in [2.45, 2.75) is 6.92 Å². The van der Waals surface area contributed by atoms with E-state index in [9.17, 15) is 19.7 Å². The largest absolute Gasteiger partial charge is 0.350 e. The maximum atomic E-state index is 12.9. The smallest absolute Gasteiger partial charge is 0.271 e. The number of nitrogens with zero attached hydrogens (tertiary/aromatic N) is 3. The molecule has 0 radical (unpaired) electrons. The van der Waals surface area contributed by atoms with Crippen molar-refractivity contribution in [3.8, 4) is 0 Å². The minimum Gasteiger partial charge on any atom is -0.350 e. The summed E-state index contributed by atoms with van der Waals surface area (Å²) in [6.07, 6.45) is 3.59. The predicted molar refractivity (Wildman–Crippen MR) is 117 cm³/mol. The van der Waals surface area contributed by atoms with Crippen LogP contribution in [0.2, 0.25) is 0 Å². The van der Waals surface area contributed by atoms with Gasteiger partial charge in [0.05, 0.1) is 21.6 Å². The van der Waals surface area contributed by atoms with E-state index in [0.717, 1.165) is 16.5 Å². The van der Waals surface area contributed by atoms with Gasteiger partial charge in [-0.1, -0.05) is 12.1 Å². The molecule has 8 nitrogen and oxygen atoms in total. The van der Waals surface area contributed by atoms with Gasteiger partial charge in [0.1, 0.15) is 0 Å². The van der Waals surface area contributed by atoms with Crippen LogP contribution in [0, 0.1) is 17.0 Å². The second-order valence-corrected chi connectivity index (χ2v) is 7.82. The zero-order chi connectivity index (χ0) is 22.0. The van der Waals surface area contributed by atoms with Crippen molar-refractivity contribution in [3.05, 3.63) is 75.6 Å². The summed E-state index contributed by atoms with van der Waals surface area (Å²) >= 11 is 0. The van der Waals surface area contributed by atoms with Gasteiger partial charge in [0.2, 0.25) is 0 Å². The number of hydrogen-bond acceptors (Lipinski definition) is 4. The predicted octanol–water partition coefficient (Wildman–Crippen LogP) is 3.45. The van der Waals surface area contributed by atoms with E-state index in [1.165, 1.54) is 12.1 Å². The molecular weight excluding hydrogens is 396 g/mol. The number of aryl methyl sites for hydroxylation is 3. The first-order valence-electron chi connectivity index (χ1n) is 9.66. The molecule has 0 atom stereocenters. The average Bonchev–Trinajstić information content (AvgIpc) is 3.32. The molecule has 31 heavy (non-hydrogen) atoms. The van der Waals surface area contributed by atoms with Crippen molar-refractivity contribution in [2.24, 2.45) is 14.1 Å². The lowest BCUT2D eigenvalue weighted by Crippen LogP contribution is -2.22. The van der Waals surface area contributed by atoms with Gasteiger partial charge in [0, 0.05) is 66.0 Å². The van der Waals surface area contributed by atoms with Crippen LogP contribution in [-0.4, -0.2) is 25.9 Å². The Morgan fingerprint density at radius 2 is 1.35 bits per heavy atom. The summed E-state index contributed by atoms with van der Waals surface area (Å²) in [5, 5.41) is 15.1. The van der Waals surface area contributed by atoms with Crippen LogP contribution in [0.15, 0.2) is 48.8 Å². The zero-order valence-corrected chi connectivity index (χ0v) is 17.1. The fourth-order valence-electron chi connectivity index (χ4n) is 4.35. The van der Waals surface area contributed by atoms with Crippen molar-refractivity contribution in [2.75, 3.05) is 0 Å². The molecule has 2 aromatic heterocycles. The maximum absolute atomic E-state index is 12.9. The molecule has 2 aromatic carbocycles. The number of aromatic nitrogens is 2. The van der Waals surface area contributed by atoms with E-state index >= 15 is 0 Å². The summed E-state index contributed by atoms with van der Waals surface area (Å²) in [7, 11) is 3.66. The summed E-state index contributed by atoms with van der Waals surface area (Å²) in [5.41, 5.74) is 4.45. The third kappa shape index (κ3) is 2.68. The Labute approximate surface area is 176 Å². The van der Waals surface area contributed by atoms with E-state index in [-0.39, 0.29) is 11.3 Å². The van der Waals surface area contributed by atoms with Crippen LogP contribution < -0.4 is 5.32 Å². The first-order chi connectivity index (χ1) is 14.8. The number of carbonyl (C=O) groups is 2. The third-order valence-electron chi connectivity index (χ3n) is 5.80. The quantitative estimate of drug-likeness (QED) is 0.315. The number of imide groups is 1. The molecule has 5 rings (SSSR count). The summed E-state index contributed by atoms with van der Waals surface area (Å²) in [4.78, 5) is 36.5. The Morgan fingerprint density at radius 3 is 1.90 bits per heavy atom. The number of fused-ring (bicyclic) bond motifs is 2. The number of hydrogen-bond donors (Lipinski definition) is 1. The van der Waals surface area contributed by atoms with Crippen LogP contribution in [-0.2, 0) is 23.7 Å². The highest BCUT2D eigenvalue weighted by Gasteiger charge is 2.35. The van der Waals surface area contributed by atoms with Gasteiger partial charge in [-0.2, -0.15) is 0 Å². The molecule has 0 unspecified atom stereocenters. The summed E-state index contributed by atoms with van der Waals surface area (Å²) in [6.45, 7) is 2.00. The molecular formula is C23H18N4O4. The fourth-order valence-corrected chi connectivity index (χ4v) is 4.35. The molecule has 0 bridgehead atoms. The number of nitro groups is 1. The lowest BCUT2D eigenvalue weighted by atomic mass is 9.95. The third-order valence-corrected chi connectivity index (χ3v) is 5.80. The van der Waals surface area contributed by atoms with Gasteiger partial charge in [-0.25, -0.2) is 0 Å². The van der Waals surface area contributed by atoms with E-state index in [1.807, 2.05) is 42.9 Å². The minimum absolute atomic E-state index is 0.0363. The number of nitro benzene ring substituents is 1. The number of rotatable bonds is 3. The van der Waals surface area contributed by atoms with E-state index in [2.05, 4.69) is 5.32 Å². The second kappa shape index (κ2) is 6.40. The van der Waals surface area contributed by atoms with Crippen molar-refractivity contribution < 1.29 is 14.5 Å². The van der Waals surface area contributed by atoms with E-state index in [4.69, 9.17) is 0 Å². The standard InChI is InChI=1S/C23H18N4O4/c1-12-4-6-14-16(10-25(2)18(14)8-12)20-21(23(29)24-22(20)28)17-11-26(3)19-9-13(27(30)31)5-7-15(17)19/h4-11H,1-3H3,(H,24,28,29). The molecule has 0 aliphatic carbocycles. The topological polar surface area (TPSA) is 99.2 Å². The Kier molecular flexibility index (Phi) is 3.88. The summed E-state index contributed by atoms with van der Waals surface area (Å²) in [5.74, 6) is -0.929. The summed E-state index contributed by atoms with van der Waals surface area (Å²) < 4.78 is 3.66. The molecule has 8 heteroatoms. The Bertz CT molecular complexity index is 1500. The van der Waals surface area contributed by atoms with Gasteiger partial charge in [-0.15, -0.1) is 0 Å². The highest BCUT2D eigenvalue weighted by Crippen LogP contribution is 2.39. The van der Waals surface area contributed by atoms with E-state index in [0.29, 0.717) is 27.6 Å². The van der Waals surface area contributed by atoms with Crippen LogP contribution in [0.25, 0.3) is 33.0 Å². The maximum Gasteiger partial charge on any atom is 0.271 e. The SMILES string of the molecule is Cc1ccc2c(C3=C(c4cn(C)c5cc([N+](=O)[O-])ccc45)C(=O)NC3=O)cn(C)c2c1. The fraction of sp³-hybridized carbons (Fsp3) is 0.130. The molecule has 0 saturated heterocycles. The van der Waals surface area contributed by atoms with Gasteiger partial charge >= 0.3 is 0 Å². The number of carbonyl (C=O) groups excluding carboxylic acids is 2. The van der Waals surface area contributed by atoms with E-state index in [1.54, 1.807) is 23.9 Å². The number of non-ortho nitro benzene ring substituents is 1. The van der Waals surface area contributed by atoms with Crippen molar-refractivity contribution in [3.63, 3.8) is 0 Å². The lowest BCUT2D eigenvalue weighted by Gasteiger charge is -2.03. The molecule has 0 spiro atoms. The molecule has 1 aliphatic heterocycles. The normalized spacial score (nSPS) is 14.2. The molecule has 0 saturated carbocycles. The van der Waals surface area contributed by atoms with Gasteiger partial charge in [-0.05, 0) is 24.6 Å². The molecule has 2 amide bonds. The lowest BCUT2D eigenvalue weighted by molar-refractivity contribution is -0.384. The molecule has 3 heterocycles. The Balaban J connectivity index is 1.83. The molecule has 154 valence electrons. The Morgan fingerprint density at radius 1 is 0.839 bits per heavy atom. The monoisotopic (exact) mass is 414 g/mol.